The summed E-state index contributed by atoms with van der Waals surface area (Å²) in [4.78, 5) is 34.7. The van der Waals surface area contributed by atoms with Gasteiger partial charge in [-0.25, -0.2) is 4.99 Å². The van der Waals surface area contributed by atoms with Gasteiger partial charge in [0.15, 0.2) is 4.80 Å². The van der Waals surface area contributed by atoms with Gasteiger partial charge in [0.25, 0.3) is 11.5 Å². The second-order valence-corrected chi connectivity index (χ2v) is 10.5. The van der Waals surface area contributed by atoms with Gasteiger partial charge in [-0.15, -0.1) is 0 Å². The van der Waals surface area contributed by atoms with Gasteiger partial charge in [0, 0.05) is 22.2 Å². The molecule has 1 atom stereocenters. The smallest absolute Gasteiger partial charge is 0.271 e. The molecule has 4 rings (SSSR count). The number of carbonyl (C=O) groups excluding carboxylic acids is 1. The average molecular weight is 618 g/mol. The number of aromatic nitrogens is 1. The fourth-order valence-electron chi connectivity index (χ4n) is 4.33. The van der Waals surface area contributed by atoms with Gasteiger partial charge < -0.3 is 14.4 Å². The number of benzene rings is 2. The van der Waals surface area contributed by atoms with E-state index >= 15 is 0 Å². The van der Waals surface area contributed by atoms with Crippen LogP contribution in [-0.4, -0.2) is 42.7 Å². The lowest BCUT2D eigenvalue weighted by molar-refractivity contribution is -0.127. The van der Waals surface area contributed by atoms with Crippen molar-refractivity contribution in [3.63, 3.8) is 0 Å². The van der Waals surface area contributed by atoms with E-state index in [0.717, 1.165) is 9.13 Å². The highest BCUT2D eigenvalue weighted by Crippen LogP contribution is 2.38. The number of rotatable bonds is 7. The third-order valence-corrected chi connectivity index (χ3v) is 7.90. The second kappa shape index (κ2) is 11.0. The maximum atomic E-state index is 13.9. The number of amides is 1. The third kappa shape index (κ3) is 4.86. The summed E-state index contributed by atoms with van der Waals surface area (Å²) in [7, 11) is 3.16. The fraction of sp³-hybridized carbons (Fsp3) is 0.296. The molecule has 0 fully saturated rings. The fourth-order valence-corrected chi connectivity index (χ4v) is 5.74. The van der Waals surface area contributed by atoms with E-state index in [2.05, 4.69) is 22.6 Å². The minimum Gasteiger partial charge on any atom is -0.497 e. The van der Waals surface area contributed by atoms with Gasteiger partial charge in [0.2, 0.25) is 0 Å². The molecule has 0 aliphatic carbocycles. The first kappa shape index (κ1) is 26.2. The summed E-state index contributed by atoms with van der Waals surface area (Å²) in [5.41, 5.74) is 2.43. The molecule has 2 heterocycles. The van der Waals surface area contributed by atoms with Gasteiger partial charge in [-0.05, 0) is 85.3 Å². The van der Waals surface area contributed by atoms with Crippen molar-refractivity contribution in [3.05, 3.63) is 88.1 Å². The van der Waals surface area contributed by atoms with Crippen LogP contribution < -0.4 is 24.4 Å². The predicted molar refractivity (Wildman–Crippen MR) is 150 cm³/mol. The topological polar surface area (TPSA) is 73.1 Å². The zero-order valence-corrected chi connectivity index (χ0v) is 23.8. The molecule has 188 valence electrons. The molecule has 0 N–H and O–H groups in total. The molecule has 1 aromatic heterocycles. The van der Waals surface area contributed by atoms with Crippen molar-refractivity contribution in [2.75, 3.05) is 27.3 Å². The number of nitrogens with zero attached hydrogens (tertiary/aromatic N) is 3. The molecule has 1 amide bonds. The molecular formula is C27H28IN3O4S. The Morgan fingerprint density at radius 3 is 2.44 bits per heavy atom. The molecule has 1 aliphatic rings. The Balaban J connectivity index is 2.02. The maximum absolute atomic E-state index is 13.9. The number of allylic oxidation sites excluding steroid dienone is 1. The summed E-state index contributed by atoms with van der Waals surface area (Å²) >= 11 is 3.57. The maximum Gasteiger partial charge on any atom is 0.271 e. The highest BCUT2D eigenvalue weighted by Gasteiger charge is 2.36. The number of fused-ring (bicyclic) bond motifs is 1. The summed E-state index contributed by atoms with van der Waals surface area (Å²) in [6.45, 7) is 6.80. The Kier molecular flexibility index (Phi) is 7.99. The van der Waals surface area contributed by atoms with E-state index in [4.69, 9.17) is 14.5 Å². The van der Waals surface area contributed by atoms with Gasteiger partial charge in [0.05, 0.1) is 30.0 Å². The zero-order chi connectivity index (χ0) is 26.0. The van der Waals surface area contributed by atoms with Crippen molar-refractivity contribution >= 4 is 45.9 Å². The summed E-state index contributed by atoms with van der Waals surface area (Å²) in [6, 6.07) is 12.7. The van der Waals surface area contributed by atoms with E-state index in [1.165, 1.54) is 11.3 Å². The van der Waals surface area contributed by atoms with Crippen LogP contribution in [0.15, 0.2) is 63.5 Å². The molecule has 0 radical (unpaired) electrons. The van der Waals surface area contributed by atoms with Crippen molar-refractivity contribution in [1.29, 1.82) is 0 Å². The lowest BCUT2D eigenvalue weighted by atomic mass is 9.93. The summed E-state index contributed by atoms with van der Waals surface area (Å²) in [5.74, 6) is 1.02. The zero-order valence-electron chi connectivity index (χ0n) is 20.9. The van der Waals surface area contributed by atoms with Gasteiger partial charge in [-0.2, -0.15) is 0 Å². The number of thiazole rings is 1. The van der Waals surface area contributed by atoms with E-state index in [1.54, 1.807) is 35.8 Å². The van der Waals surface area contributed by atoms with Crippen LogP contribution in [0.4, 0.5) is 0 Å². The molecule has 3 aromatic rings. The lowest BCUT2D eigenvalue weighted by Crippen LogP contribution is -2.43. The second-order valence-electron chi connectivity index (χ2n) is 8.22. The van der Waals surface area contributed by atoms with Crippen LogP contribution in [0.3, 0.4) is 0 Å². The molecule has 0 unspecified atom stereocenters. The molecule has 7 nitrogen and oxygen atoms in total. The number of methoxy groups -OCH3 is 2. The van der Waals surface area contributed by atoms with E-state index in [9.17, 15) is 9.59 Å². The van der Waals surface area contributed by atoms with Crippen LogP contribution >= 0.6 is 33.9 Å². The third-order valence-electron chi connectivity index (χ3n) is 6.20. The number of halogens is 1. The van der Waals surface area contributed by atoms with Crippen molar-refractivity contribution in [2.24, 2.45) is 4.99 Å². The monoisotopic (exact) mass is 617 g/mol. The minimum atomic E-state index is -0.710. The first-order valence-electron chi connectivity index (χ1n) is 11.6. The number of carbonyl (C=O) groups is 1. The SMILES string of the molecule is CCN(CC)C(=O)C1=C(C)N=c2s/c(=C/c3ccc(I)cc3)c(=O)n2[C@H]1c1cc(OC)ccc1OC. The molecule has 0 saturated heterocycles. The van der Waals surface area contributed by atoms with Crippen LogP contribution in [0.2, 0.25) is 0 Å². The van der Waals surface area contributed by atoms with E-state index < -0.39 is 6.04 Å². The number of hydrogen-bond acceptors (Lipinski definition) is 6. The Hall–Kier alpha value is -2.92. The van der Waals surface area contributed by atoms with Crippen molar-refractivity contribution in [1.82, 2.24) is 9.47 Å². The Morgan fingerprint density at radius 2 is 1.83 bits per heavy atom. The van der Waals surface area contributed by atoms with Crippen molar-refractivity contribution in [2.45, 2.75) is 26.8 Å². The highest BCUT2D eigenvalue weighted by atomic mass is 127. The van der Waals surface area contributed by atoms with Crippen LogP contribution in [-0.2, 0) is 4.79 Å². The standard InChI is InChI=1S/C27H28IN3O4S/c1-6-30(7-2)26(33)23-16(3)29-27-31(24(23)20-15-19(34-4)12-13-21(20)35-5)25(32)22(36-27)14-17-8-10-18(28)11-9-17/h8-15,24H,6-7H2,1-5H3/b22-14+/t24-/m0/s1. The summed E-state index contributed by atoms with van der Waals surface area (Å²) < 4.78 is 14.5. The van der Waals surface area contributed by atoms with E-state index in [0.29, 0.717) is 50.8 Å². The van der Waals surface area contributed by atoms with Gasteiger partial charge in [0.1, 0.15) is 17.5 Å². The van der Waals surface area contributed by atoms with Crippen LogP contribution in [0.5, 0.6) is 11.5 Å². The van der Waals surface area contributed by atoms with Crippen molar-refractivity contribution in [3.8, 4) is 11.5 Å². The molecule has 36 heavy (non-hydrogen) atoms. The van der Waals surface area contributed by atoms with Gasteiger partial charge in [-0.3, -0.25) is 14.2 Å². The largest absolute Gasteiger partial charge is 0.497 e. The average Bonchev–Trinajstić information content (AvgIpc) is 3.18. The number of hydrogen-bond donors (Lipinski definition) is 0. The van der Waals surface area contributed by atoms with Crippen LogP contribution in [0.25, 0.3) is 6.08 Å². The normalized spacial score (nSPS) is 15.4. The number of ether oxygens (including phenoxy) is 2. The highest BCUT2D eigenvalue weighted by molar-refractivity contribution is 14.1. The van der Waals surface area contributed by atoms with Gasteiger partial charge >= 0.3 is 0 Å². The Morgan fingerprint density at radius 1 is 1.14 bits per heavy atom. The minimum absolute atomic E-state index is 0.150. The predicted octanol–water partition coefficient (Wildman–Crippen LogP) is 3.73. The first-order chi connectivity index (χ1) is 17.3. The van der Waals surface area contributed by atoms with E-state index in [1.807, 2.05) is 57.2 Å². The molecule has 0 saturated carbocycles. The van der Waals surface area contributed by atoms with Crippen LogP contribution in [0, 0.1) is 3.57 Å². The summed E-state index contributed by atoms with van der Waals surface area (Å²) in [5, 5.41) is 0. The molecule has 9 heteroatoms. The van der Waals surface area contributed by atoms with Gasteiger partial charge in [-0.1, -0.05) is 23.5 Å². The summed E-state index contributed by atoms with van der Waals surface area (Å²) in [6.07, 6.45) is 1.87. The van der Waals surface area contributed by atoms with Crippen molar-refractivity contribution < 1.29 is 14.3 Å². The Bertz CT molecular complexity index is 1500. The number of likely N-dealkylation sites (N-methyl/N-ethyl adjacent to an activating group) is 1. The molecule has 2 aromatic carbocycles. The molecule has 0 spiro atoms. The first-order valence-corrected chi connectivity index (χ1v) is 13.5. The van der Waals surface area contributed by atoms with Crippen LogP contribution in [0.1, 0.15) is 37.9 Å². The lowest BCUT2D eigenvalue weighted by Gasteiger charge is -2.30. The quantitative estimate of drug-likeness (QED) is 0.379. The Labute approximate surface area is 227 Å². The molecule has 0 bridgehead atoms. The molecule has 1 aliphatic heterocycles. The molecular weight excluding hydrogens is 589 g/mol. The van der Waals surface area contributed by atoms with E-state index in [-0.39, 0.29) is 11.5 Å².